The Hall–Kier alpha value is -1.55. The Bertz CT molecular complexity index is 437. The van der Waals surface area contributed by atoms with Gasteiger partial charge in [0.25, 0.3) is 0 Å². The van der Waals surface area contributed by atoms with Crippen molar-refractivity contribution in [1.82, 2.24) is 5.43 Å². The highest BCUT2D eigenvalue weighted by Crippen LogP contribution is 2.22. The summed E-state index contributed by atoms with van der Waals surface area (Å²) >= 11 is 0. The Labute approximate surface area is 115 Å². The number of hydrazine groups is 1. The lowest BCUT2D eigenvalue weighted by Crippen LogP contribution is -2.32. The van der Waals surface area contributed by atoms with Crippen LogP contribution in [0.1, 0.15) is 45.1 Å². The first-order valence-corrected chi connectivity index (χ1v) is 7.00. The van der Waals surface area contributed by atoms with Crippen molar-refractivity contribution in [2.24, 2.45) is 10.8 Å². The van der Waals surface area contributed by atoms with E-state index < -0.39 is 0 Å². The van der Waals surface area contributed by atoms with Gasteiger partial charge in [0, 0.05) is 5.56 Å². The fourth-order valence-corrected chi connectivity index (χ4v) is 2.40. The predicted molar refractivity (Wildman–Crippen MR) is 78.3 cm³/mol. The second-order valence-corrected chi connectivity index (χ2v) is 5.25. The normalized spacial score (nSPS) is 16.9. The van der Waals surface area contributed by atoms with Crippen LogP contribution in [-0.2, 0) is 0 Å². The van der Waals surface area contributed by atoms with Gasteiger partial charge in [0.05, 0.1) is 12.1 Å². The highest BCUT2D eigenvalue weighted by atomic mass is 16.5. The molecule has 1 aliphatic rings. The average molecular weight is 261 g/mol. The number of benzene rings is 1. The van der Waals surface area contributed by atoms with Crippen LogP contribution < -0.4 is 16.0 Å². The molecule has 1 aromatic rings. The number of ether oxygens (including phenoxy) is 1. The van der Waals surface area contributed by atoms with Crippen molar-refractivity contribution in [2.75, 3.05) is 0 Å². The van der Waals surface area contributed by atoms with Crippen molar-refractivity contribution in [3.05, 3.63) is 29.8 Å². The van der Waals surface area contributed by atoms with Crippen LogP contribution in [0.3, 0.4) is 0 Å². The first kappa shape index (κ1) is 13.9. The van der Waals surface area contributed by atoms with E-state index in [1.165, 1.54) is 12.8 Å². The van der Waals surface area contributed by atoms with Crippen molar-refractivity contribution in [2.45, 2.75) is 51.7 Å². The quantitative estimate of drug-likeness (QED) is 0.379. The van der Waals surface area contributed by atoms with Crippen LogP contribution in [0, 0.1) is 0 Å². The second kappa shape index (κ2) is 6.57. The number of nitrogens with zero attached hydrogens (tertiary/aromatic N) is 1. The monoisotopic (exact) mass is 261 g/mol. The van der Waals surface area contributed by atoms with Crippen LogP contribution in [0.25, 0.3) is 0 Å². The zero-order valence-electron chi connectivity index (χ0n) is 11.7. The summed E-state index contributed by atoms with van der Waals surface area (Å²) < 4.78 is 5.70. The largest absolute Gasteiger partial charge is 0.491 e. The lowest BCUT2D eigenvalue weighted by atomic mass is 10.2. The summed E-state index contributed by atoms with van der Waals surface area (Å²) in [7, 11) is 0. The van der Waals surface area contributed by atoms with Crippen molar-refractivity contribution in [3.8, 4) is 5.75 Å². The molecule has 1 aliphatic carbocycles. The summed E-state index contributed by atoms with van der Waals surface area (Å²) in [5, 5.41) is 0. The number of rotatable bonds is 4. The molecule has 2 rings (SSSR count). The van der Waals surface area contributed by atoms with Gasteiger partial charge in [0.2, 0.25) is 0 Å². The molecule has 0 unspecified atom stereocenters. The Morgan fingerprint density at radius 3 is 2.74 bits per heavy atom. The van der Waals surface area contributed by atoms with Crippen LogP contribution in [0.2, 0.25) is 0 Å². The third kappa shape index (κ3) is 3.96. The van der Waals surface area contributed by atoms with E-state index in [0.717, 1.165) is 30.0 Å². The van der Waals surface area contributed by atoms with Gasteiger partial charge in [-0.15, -0.1) is 0 Å². The molecule has 4 nitrogen and oxygen atoms in total. The standard InChI is InChI=1S/C15H23N3O/c1-11(2)19-14-9-5-6-12(10-14)15(18-16)17-13-7-3-4-8-13/h5-6,9-11,13H,3-4,7-8,16H2,1-2H3,(H,17,18). The van der Waals surface area contributed by atoms with Gasteiger partial charge in [-0.25, -0.2) is 5.84 Å². The molecule has 0 amide bonds. The Kier molecular flexibility index (Phi) is 4.80. The van der Waals surface area contributed by atoms with Crippen molar-refractivity contribution in [1.29, 1.82) is 0 Å². The summed E-state index contributed by atoms with van der Waals surface area (Å²) in [6.07, 6.45) is 5.02. The van der Waals surface area contributed by atoms with Gasteiger partial charge < -0.3 is 10.2 Å². The number of nitrogens with two attached hydrogens (primary N) is 1. The molecule has 104 valence electrons. The van der Waals surface area contributed by atoms with Gasteiger partial charge >= 0.3 is 0 Å². The maximum atomic E-state index is 5.70. The Morgan fingerprint density at radius 1 is 1.37 bits per heavy atom. The van der Waals surface area contributed by atoms with Gasteiger partial charge in [0.1, 0.15) is 11.6 Å². The third-order valence-electron chi connectivity index (χ3n) is 3.25. The van der Waals surface area contributed by atoms with Gasteiger partial charge in [-0.2, -0.15) is 0 Å². The number of nitrogens with one attached hydrogen (secondary N) is 1. The smallest absolute Gasteiger partial charge is 0.142 e. The molecule has 19 heavy (non-hydrogen) atoms. The van der Waals surface area contributed by atoms with Crippen LogP contribution in [0.4, 0.5) is 0 Å². The van der Waals surface area contributed by atoms with Crippen LogP contribution in [0.15, 0.2) is 29.3 Å². The van der Waals surface area contributed by atoms with E-state index in [9.17, 15) is 0 Å². The Balaban J connectivity index is 2.17. The lowest BCUT2D eigenvalue weighted by Gasteiger charge is -2.13. The highest BCUT2D eigenvalue weighted by Gasteiger charge is 2.15. The topological polar surface area (TPSA) is 59.6 Å². The summed E-state index contributed by atoms with van der Waals surface area (Å²) in [5.74, 6) is 7.21. The molecule has 1 aromatic carbocycles. The minimum absolute atomic E-state index is 0.163. The van der Waals surface area contributed by atoms with E-state index in [1.54, 1.807) is 0 Å². The van der Waals surface area contributed by atoms with Gasteiger partial charge in [-0.3, -0.25) is 4.99 Å². The molecule has 1 fully saturated rings. The van der Waals surface area contributed by atoms with Crippen LogP contribution in [0.5, 0.6) is 5.75 Å². The molecule has 1 saturated carbocycles. The molecule has 0 saturated heterocycles. The fraction of sp³-hybridized carbons (Fsp3) is 0.533. The van der Waals surface area contributed by atoms with Gasteiger partial charge in [0.15, 0.2) is 0 Å². The number of hydrogen-bond acceptors (Lipinski definition) is 3. The lowest BCUT2D eigenvalue weighted by molar-refractivity contribution is 0.242. The third-order valence-corrected chi connectivity index (χ3v) is 3.25. The second-order valence-electron chi connectivity index (χ2n) is 5.25. The molecule has 0 atom stereocenters. The average Bonchev–Trinajstić information content (AvgIpc) is 2.88. The molecule has 3 N–H and O–H groups in total. The zero-order valence-corrected chi connectivity index (χ0v) is 11.7. The molecule has 0 aliphatic heterocycles. The SMILES string of the molecule is CC(C)Oc1cccc(C(=NC2CCCC2)NN)c1. The van der Waals surface area contributed by atoms with Crippen molar-refractivity contribution >= 4 is 5.84 Å². The minimum atomic E-state index is 0.163. The molecular formula is C15H23N3O. The minimum Gasteiger partial charge on any atom is -0.491 e. The van der Waals surface area contributed by atoms with E-state index >= 15 is 0 Å². The van der Waals surface area contributed by atoms with E-state index in [4.69, 9.17) is 15.6 Å². The molecule has 4 heteroatoms. The summed E-state index contributed by atoms with van der Waals surface area (Å²) in [6, 6.07) is 8.30. The summed E-state index contributed by atoms with van der Waals surface area (Å²) in [4.78, 5) is 4.71. The Morgan fingerprint density at radius 2 is 2.11 bits per heavy atom. The maximum absolute atomic E-state index is 5.70. The number of amidine groups is 1. The molecule has 0 heterocycles. The van der Waals surface area contributed by atoms with Crippen LogP contribution >= 0.6 is 0 Å². The zero-order chi connectivity index (χ0) is 13.7. The van der Waals surface area contributed by atoms with E-state index in [0.29, 0.717) is 6.04 Å². The summed E-state index contributed by atoms with van der Waals surface area (Å²) in [5.41, 5.74) is 3.70. The molecular weight excluding hydrogens is 238 g/mol. The van der Waals surface area contributed by atoms with E-state index in [1.807, 2.05) is 38.1 Å². The molecule has 0 aromatic heterocycles. The molecule has 0 radical (unpaired) electrons. The van der Waals surface area contributed by atoms with Crippen molar-refractivity contribution < 1.29 is 4.74 Å². The van der Waals surface area contributed by atoms with E-state index in [2.05, 4.69) is 5.43 Å². The van der Waals surface area contributed by atoms with Crippen molar-refractivity contribution in [3.63, 3.8) is 0 Å². The number of hydrogen-bond donors (Lipinski definition) is 2. The number of aliphatic imine (C=N–C) groups is 1. The van der Waals surface area contributed by atoms with Gasteiger partial charge in [-0.05, 0) is 38.8 Å². The maximum Gasteiger partial charge on any atom is 0.142 e. The molecule has 0 spiro atoms. The first-order valence-electron chi connectivity index (χ1n) is 7.00. The molecule has 0 bridgehead atoms. The first-order chi connectivity index (χ1) is 9.19. The van der Waals surface area contributed by atoms with Crippen LogP contribution in [-0.4, -0.2) is 18.0 Å². The highest BCUT2D eigenvalue weighted by molar-refractivity contribution is 5.98. The van der Waals surface area contributed by atoms with Gasteiger partial charge in [-0.1, -0.05) is 25.0 Å². The van der Waals surface area contributed by atoms with E-state index in [-0.39, 0.29) is 6.10 Å². The summed E-state index contributed by atoms with van der Waals surface area (Å²) in [6.45, 7) is 4.03. The fourth-order valence-electron chi connectivity index (χ4n) is 2.40. The predicted octanol–water partition coefficient (Wildman–Crippen LogP) is 2.63.